The van der Waals surface area contributed by atoms with Crippen molar-refractivity contribution >= 4 is 17.5 Å². The lowest BCUT2D eigenvalue weighted by Gasteiger charge is -2.30. The second-order valence-corrected chi connectivity index (χ2v) is 7.65. The zero-order chi connectivity index (χ0) is 22.1. The van der Waals surface area contributed by atoms with Gasteiger partial charge in [-0.25, -0.2) is 4.98 Å². The minimum atomic E-state index is -0.143. The lowest BCUT2D eigenvalue weighted by atomic mass is 10.2. The lowest BCUT2D eigenvalue weighted by Crippen LogP contribution is -2.41. The summed E-state index contributed by atoms with van der Waals surface area (Å²) in [7, 11) is 3.43. The number of aryl methyl sites for hydroxylation is 1. The van der Waals surface area contributed by atoms with Crippen molar-refractivity contribution in [1.29, 1.82) is 0 Å². The quantitative estimate of drug-likeness (QED) is 0.355. The second kappa shape index (κ2) is 11.7. The Kier molecular flexibility index (Phi) is 8.69. The number of ether oxygens (including phenoxy) is 2. The van der Waals surface area contributed by atoms with Crippen LogP contribution in [-0.4, -0.2) is 79.6 Å². The van der Waals surface area contributed by atoms with Gasteiger partial charge in [0.25, 0.3) is 0 Å². The van der Waals surface area contributed by atoms with Gasteiger partial charge in [-0.15, -0.1) is 0 Å². The highest BCUT2D eigenvalue weighted by Gasteiger charge is 2.14. The maximum atomic E-state index is 9.70. The third-order valence-electron chi connectivity index (χ3n) is 5.22. The molecule has 1 atom stereocenters. The van der Waals surface area contributed by atoms with Crippen LogP contribution in [0.4, 0.5) is 17.5 Å². The monoisotopic (exact) mass is 430 g/mol. The molecule has 1 aromatic heterocycles. The third kappa shape index (κ3) is 6.95. The van der Waals surface area contributed by atoms with Gasteiger partial charge in [0.15, 0.2) is 11.5 Å². The molecule has 4 N–H and O–H groups in total. The van der Waals surface area contributed by atoms with Gasteiger partial charge >= 0.3 is 0 Å². The lowest BCUT2D eigenvalue weighted by molar-refractivity contribution is 0.165. The third-order valence-corrected chi connectivity index (χ3v) is 5.22. The summed E-state index contributed by atoms with van der Waals surface area (Å²) >= 11 is 0. The minimum Gasteiger partial charge on any atom is -0.493 e. The molecular formula is C22H34N6O3. The number of nitrogens with one attached hydrogen (secondary N) is 3. The van der Waals surface area contributed by atoms with Gasteiger partial charge in [0, 0.05) is 30.6 Å². The number of anilines is 3. The molecule has 31 heavy (non-hydrogen) atoms. The van der Waals surface area contributed by atoms with Crippen LogP contribution in [-0.2, 0) is 0 Å². The molecule has 1 aromatic carbocycles. The van der Waals surface area contributed by atoms with Gasteiger partial charge in [0.2, 0.25) is 5.95 Å². The van der Waals surface area contributed by atoms with Crippen molar-refractivity contribution in [3.8, 4) is 11.5 Å². The first-order chi connectivity index (χ1) is 15.1. The fourth-order valence-electron chi connectivity index (χ4n) is 3.33. The van der Waals surface area contributed by atoms with E-state index in [2.05, 4.69) is 30.8 Å². The number of nitrogens with zero attached hydrogens (tertiary/aromatic N) is 3. The van der Waals surface area contributed by atoms with Gasteiger partial charge in [-0.3, -0.25) is 0 Å². The van der Waals surface area contributed by atoms with Crippen LogP contribution in [0.1, 0.15) is 18.5 Å². The Morgan fingerprint density at radius 1 is 1.19 bits per heavy atom. The fourth-order valence-corrected chi connectivity index (χ4v) is 3.33. The molecule has 3 rings (SSSR count). The van der Waals surface area contributed by atoms with E-state index in [-0.39, 0.29) is 12.6 Å². The average molecular weight is 431 g/mol. The number of methoxy groups -OCH3 is 1. The SMILES string of the molecule is CNc1cc(C)nc(Nc2ccc(OC)c(OC[C@H](CO)NCCCN3CCC3)c2)n1. The number of hydrogen-bond donors (Lipinski definition) is 4. The first kappa shape index (κ1) is 23.1. The summed E-state index contributed by atoms with van der Waals surface area (Å²) < 4.78 is 11.4. The summed E-state index contributed by atoms with van der Waals surface area (Å²) in [6, 6.07) is 7.30. The molecule has 2 aromatic rings. The summed E-state index contributed by atoms with van der Waals surface area (Å²) in [6.07, 6.45) is 2.37. The van der Waals surface area contributed by atoms with Crippen LogP contribution in [0.2, 0.25) is 0 Å². The number of hydrogen-bond acceptors (Lipinski definition) is 9. The first-order valence-electron chi connectivity index (χ1n) is 10.8. The van der Waals surface area contributed by atoms with Crippen molar-refractivity contribution in [1.82, 2.24) is 20.2 Å². The van der Waals surface area contributed by atoms with Gasteiger partial charge < -0.3 is 35.4 Å². The van der Waals surface area contributed by atoms with E-state index in [0.717, 1.165) is 36.7 Å². The number of benzene rings is 1. The van der Waals surface area contributed by atoms with Crippen LogP contribution in [0, 0.1) is 6.92 Å². The van der Waals surface area contributed by atoms with Crippen LogP contribution in [0.5, 0.6) is 11.5 Å². The van der Waals surface area contributed by atoms with E-state index in [0.29, 0.717) is 24.1 Å². The molecule has 0 radical (unpaired) electrons. The number of aromatic nitrogens is 2. The van der Waals surface area contributed by atoms with Crippen molar-refractivity contribution < 1.29 is 14.6 Å². The van der Waals surface area contributed by atoms with Gasteiger partial charge in [-0.2, -0.15) is 4.98 Å². The normalized spacial score (nSPS) is 14.6. The molecule has 1 aliphatic rings. The Hall–Kier alpha value is -2.62. The highest BCUT2D eigenvalue weighted by Crippen LogP contribution is 2.31. The average Bonchev–Trinajstić information content (AvgIpc) is 2.74. The summed E-state index contributed by atoms with van der Waals surface area (Å²) in [5.74, 6) is 2.46. The maximum absolute atomic E-state index is 9.70. The van der Waals surface area contributed by atoms with Gasteiger partial charge in [-0.05, 0) is 58.1 Å². The van der Waals surface area contributed by atoms with Gasteiger partial charge in [0.05, 0.1) is 19.8 Å². The fraction of sp³-hybridized carbons (Fsp3) is 0.545. The molecule has 9 heteroatoms. The van der Waals surface area contributed by atoms with Crippen molar-refractivity contribution in [2.45, 2.75) is 25.8 Å². The Bertz CT molecular complexity index is 831. The predicted octanol–water partition coefficient (Wildman–Crippen LogP) is 2.00. The second-order valence-electron chi connectivity index (χ2n) is 7.65. The van der Waals surface area contributed by atoms with E-state index in [1.807, 2.05) is 38.2 Å². The van der Waals surface area contributed by atoms with E-state index >= 15 is 0 Å². The molecule has 0 bridgehead atoms. The van der Waals surface area contributed by atoms with E-state index < -0.39 is 0 Å². The predicted molar refractivity (Wildman–Crippen MR) is 123 cm³/mol. The zero-order valence-corrected chi connectivity index (χ0v) is 18.6. The smallest absolute Gasteiger partial charge is 0.229 e. The highest BCUT2D eigenvalue weighted by atomic mass is 16.5. The molecule has 170 valence electrons. The van der Waals surface area contributed by atoms with Gasteiger partial charge in [-0.1, -0.05) is 0 Å². The van der Waals surface area contributed by atoms with Crippen molar-refractivity contribution in [3.63, 3.8) is 0 Å². The minimum absolute atomic E-state index is 0.00783. The van der Waals surface area contributed by atoms with Crippen LogP contribution in [0.15, 0.2) is 24.3 Å². The van der Waals surface area contributed by atoms with Crippen LogP contribution >= 0.6 is 0 Å². The Balaban J connectivity index is 1.57. The number of aliphatic hydroxyl groups is 1. The molecule has 1 saturated heterocycles. The van der Waals surface area contributed by atoms with Crippen molar-refractivity contribution in [2.75, 3.05) is 64.2 Å². The Morgan fingerprint density at radius 3 is 2.71 bits per heavy atom. The summed E-state index contributed by atoms with van der Waals surface area (Å²) in [6.45, 7) is 6.63. The number of aliphatic hydroxyl groups excluding tert-OH is 1. The number of likely N-dealkylation sites (tertiary alicyclic amines) is 1. The molecule has 0 spiro atoms. The van der Waals surface area contributed by atoms with E-state index in [1.165, 1.54) is 19.5 Å². The molecule has 9 nitrogen and oxygen atoms in total. The molecule has 2 heterocycles. The molecule has 1 aliphatic heterocycles. The Morgan fingerprint density at radius 2 is 2.03 bits per heavy atom. The topological polar surface area (TPSA) is 104 Å². The Labute approximate surface area is 184 Å². The molecule has 0 saturated carbocycles. The first-order valence-corrected chi connectivity index (χ1v) is 10.8. The van der Waals surface area contributed by atoms with Gasteiger partial charge in [0.1, 0.15) is 12.4 Å². The van der Waals surface area contributed by atoms with Crippen LogP contribution < -0.4 is 25.4 Å². The van der Waals surface area contributed by atoms with Crippen molar-refractivity contribution in [2.24, 2.45) is 0 Å². The summed E-state index contributed by atoms with van der Waals surface area (Å²) in [4.78, 5) is 11.3. The van der Waals surface area contributed by atoms with Crippen LogP contribution in [0.25, 0.3) is 0 Å². The number of rotatable bonds is 13. The summed E-state index contributed by atoms with van der Waals surface area (Å²) in [5.41, 5.74) is 1.64. The molecule has 0 aliphatic carbocycles. The molecule has 0 unspecified atom stereocenters. The molecule has 1 fully saturated rings. The highest BCUT2D eigenvalue weighted by molar-refractivity contribution is 5.60. The van der Waals surface area contributed by atoms with E-state index in [9.17, 15) is 5.11 Å². The van der Waals surface area contributed by atoms with Crippen LogP contribution in [0.3, 0.4) is 0 Å². The molecule has 0 amide bonds. The van der Waals surface area contributed by atoms with E-state index in [4.69, 9.17) is 9.47 Å². The maximum Gasteiger partial charge on any atom is 0.229 e. The van der Waals surface area contributed by atoms with E-state index in [1.54, 1.807) is 7.11 Å². The van der Waals surface area contributed by atoms with Crippen molar-refractivity contribution in [3.05, 3.63) is 30.0 Å². The standard InChI is InChI=1S/C22H34N6O3/c1-16-12-21(23-2)27-22(25-16)26-17-6-7-19(30-3)20(13-17)31-15-18(14-29)24-8-4-9-28-10-5-11-28/h6-7,12-13,18,24,29H,4-5,8-11,14-15H2,1-3H3,(H2,23,25,26,27)/t18-/m0/s1. The summed E-state index contributed by atoms with van der Waals surface area (Å²) in [5, 5.41) is 19.3. The zero-order valence-electron chi connectivity index (χ0n) is 18.6. The largest absolute Gasteiger partial charge is 0.493 e. The molecular weight excluding hydrogens is 396 g/mol.